The van der Waals surface area contributed by atoms with Gasteiger partial charge in [0.1, 0.15) is 18.5 Å². The molecule has 0 bridgehead atoms. The number of para-hydroxylation sites is 1. The van der Waals surface area contributed by atoms with Crippen molar-refractivity contribution in [1.29, 1.82) is 0 Å². The first-order valence-corrected chi connectivity index (χ1v) is 16.8. The highest BCUT2D eigenvalue weighted by Crippen LogP contribution is 2.33. The predicted molar refractivity (Wildman–Crippen MR) is 185 cm³/mol. The molecule has 0 radical (unpaired) electrons. The molecule has 2 aliphatic heterocycles. The third kappa shape index (κ3) is 7.89. The van der Waals surface area contributed by atoms with E-state index in [4.69, 9.17) is 16.3 Å². The maximum absolute atomic E-state index is 14.5. The number of rotatable bonds is 10. The highest BCUT2D eigenvalue weighted by atomic mass is 35.5. The minimum Gasteiger partial charge on any atom is -0.368 e. The number of ether oxygens (including phenoxy) is 1. The molecule has 11 heteroatoms. The number of nitrogens with one attached hydrogen (secondary N) is 2. The Hall–Kier alpha value is -4.25. The summed E-state index contributed by atoms with van der Waals surface area (Å²) in [4.78, 5) is 49.7. The van der Waals surface area contributed by atoms with Gasteiger partial charge >= 0.3 is 0 Å². The van der Waals surface area contributed by atoms with Gasteiger partial charge in [-0.25, -0.2) is 4.39 Å². The fourth-order valence-corrected chi connectivity index (χ4v) is 7.09. The lowest BCUT2D eigenvalue weighted by Crippen LogP contribution is -2.54. The smallest absolute Gasteiger partial charge is 0.253 e. The standard InChI is InChI=1S/C37H41ClFN5O4/c1-42(2)21-24-17-26-18-28(38)9-12-34(26)44(22-24)37(47)33(19-27-20-40-32-6-4-3-5-31(27)32)41-35(45)23-48-30-13-15-43(16-14-30)36(46)25-7-10-29(39)11-8-25/h3-12,18,20,24,30,33,40H,13-17,19,21-23H2,1-2H3,(H,41,45)/t24-,33-/m1/s1. The van der Waals surface area contributed by atoms with Crippen LogP contribution in [0.1, 0.15) is 34.3 Å². The SMILES string of the molecule is CN(C)C[C@H]1Cc2cc(Cl)ccc2N(C(=O)[C@@H](Cc2c[nH]c3ccccc23)NC(=O)COC2CCN(C(=O)c3ccc(F)cc3)CC2)C1. The van der Waals surface area contributed by atoms with Gasteiger partial charge in [-0.2, -0.15) is 0 Å². The fourth-order valence-electron chi connectivity index (χ4n) is 6.90. The summed E-state index contributed by atoms with van der Waals surface area (Å²) < 4.78 is 19.3. The van der Waals surface area contributed by atoms with Crippen LogP contribution in [-0.4, -0.2) is 91.5 Å². The summed E-state index contributed by atoms with van der Waals surface area (Å²) in [6.45, 7) is 2.06. The van der Waals surface area contributed by atoms with Crippen molar-refractivity contribution >= 4 is 45.9 Å². The summed E-state index contributed by atoms with van der Waals surface area (Å²) in [7, 11) is 4.04. The van der Waals surface area contributed by atoms with E-state index >= 15 is 0 Å². The maximum Gasteiger partial charge on any atom is 0.253 e. The van der Waals surface area contributed by atoms with E-state index in [0.717, 1.165) is 40.7 Å². The largest absolute Gasteiger partial charge is 0.368 e. The Morgan fingerprint density at radius 1 is 1.06 bits per heavy atom. The van der Waals surface area contributed by atoms with Crippen LogP contribution in [0.25, 0.3) is 10.9 Å². The molecule has 48 heavy (non-hydrogen) atoms. The van der Waals surface area contributed by atoms with Gasteiger partial charge in [-0.05, 0) is 98.9 Å². The van der Waals surface area contributed by atoms with Gasteiger partial charge in [0.05, 0.1) is 6.10 Å². The van der Waals surface area contributed by atoms with Gasteiger partial charge in [0.25, 0.3) is 5.91 Å². The zero-order chi connectivity index (χ0) is 33.8. The Morgan fingerprint density at radius 3 is 2.56 bits per heavy atom. The average molecular weight is 674 g/mol. The molecular formula is C37H41ClFN5O4. The first-order chi connectivity index (χ1) is 23.1. The molecule has 9 nitrogen and oxygen atoms in total. The second-order valence-corrected chi connectivity index (χ2v) is 13.5. The summed E-state index contributed by atoms with van der Waals surface area (Å²) in [5.41, 5.74) is 4.16. The summed E-state index contributed by atoms with van der Waals surface area (Å²) in [5.74, 6) is -0.909. The second kappa shape index (κ2) is 14.9. The molecule has 1 saturated heterocycles. The molecule has 1 fully saturated rings. The van der Waals surface area contributed by atoms with Crippen molar-refractivity contribution in [2.45, 2.75) is 37.8 Å². The van der Waals surface area contributed by atoms with Crippen molar-refractivity contribution < 1.29 is 23.5 Å². The van der Waals surface area contributed by atoms with Crippen LogP contribution in [0.3, 0.4) is 0 Å². The van der Waals surface area contributed by atoms with Gasteiger partial charge in [-0.3, -0.25) is 14.4 Å². The molecule has 3 aromatic carbocycles. The molecule has 0 unspecified atom stereocenters. The van der Waals surface area contributed by atoms with Crippen molar-refractivity contribution in [1.82, 2.24) is 20.1 Å². The van der Waals surface area contributed by atoms with E-state index in [2.05, 4.69) is 15.2 Å². The van der Waals surface area contributed by atoms with Crippen LogP contribution in [0.5, 0.6) is 0 Å². The number of carbonyl (C=O) groups excluding carboxylic acids is 3. The fraction of sp³-hybridized carbons (Fsp3) is 0.378. The van der Waals surface area contributed by atoms with Crippen LogP contribution < -0.4 is 10.2 Å². The van der Waals surface area contributed by atoms with Gasteiger partial charge in [0, 0.05) is 66.0 Å². The number of likely N-dealkylation sites (tertiary alicyclic amines) is 1. The quantitative estimate of drug-likeness (QED) is 0.245. The number of aromatic nitrogens is 1. The molecular weight excluding hydrogens is 633 g/mol. The molecule has 252 valence electrons. The number of nitrogens with zero attached hydrogens (tertiary/aromatic N) is 3. The van der Waals surface area contributed by atoms with E-state index in [0.29, 0.717) is 49.5 Å². The maximum atomic E-state index is 14.5. The Balaban J connectivity index is 1.14. The zero-order valence-corrected chi connectivity index (χ0v) is 28.0. The molecule has 3 heterocycles. The molecule has 0 aliphatic carbocycles. The van der Waals surface area contributed by atoms with Gasteiger partial charge in [0.15, 0.2) is 0 Å². The topological polar surface area (TPSA) is 98.0 Å². The van der Waals surface area contributed by atoms with Gasteiger partial charge in [0.2, 0.25) is 11.8 Å². The number of halogens is 2. The van der Waals surface area contributed by atoms with Crippen LogP contribution in [0.4, 0.5) is 10.1 Å². The van der Waals surface area contributed by atoms with Crippen molar-refractivity contribution in [3.63, 3.8) is 0 Å². The second-order valence-electron chi connectivity index (χ2n) is 13.0. The molecule has 4 aromatic rings. The summed E-state index contributed by atoms with van der Waals surface area (Å²) >= 11 is 6.37. The van der Waals surface area contributed by atoms with Crippen LogP contribution in [0, 0.1) is 11.7 Å². The number of piperidine rings is 1. The molecule has 2 aliphatic rings. The van der Waals surface area contributed by atoms with E-state index in [9.17, 15) is 18.8 Å². The number of H-pyrrole nitrogens is 1. The number of amides is 3. The first kappa shape index (κ1) is 33.6. The lowest BCUT2D eigenvalue weighted by molar-refractivity contribution is -0.132. The van der Waals surface area contributed by atoms with Crippen molar-refractivity contribution in [2.24, 2.45) is 5.92 Å². The first-order valence-electron chi connectivity index (χ1n) is 16.4. The third-order valence-electron chi connectivity index (χ3n) is 9.17. The molecule has 0 spiro atoms. The zero-order valence-electron chi connectivity index (χ0n) is 27.3. The van der Waals surface area contributed by atoms with E-state index in [1.807, 2.05) is 56.7 Å². The van der Waals surface area contributed by atoms with Crippen LogP contribution in [-0.2, 0) is 27.2 Å². The number of hydrogen-bond donors (Lipinski definition) is 2. The van der Waals surface area contributed by atoms with Gasteiger partial charge < -0.3 is 29.7 Å². The average Bonchev–Trinajstić information content (AvgIpc) is 3.49. The molecule has 2 atom stereocenters. The van der Waals surface area contributed by atoms with Crippen molar-refractivity contribution in [3.05, 3.63) is 100 Å². The molecule has 0 saturated carbocycles. The number of anilines is 1. The number of carbonyl (C=O) groups is 3. The van der Waals surface area contributed by atoms with Gasteiger partial charge in [-0.1, -0.05) is 29.8 Å². The lowest BCUT2D eigenvalue weighted by Gasteiger charge is -2.37. The van der Waals surface area contributed by atoms with E-state index in [1.54, 1.807) is 15.9 Å². The lowest BCUT2D eigenvalue weighted by atomic mass is 9.91. The van der Waals surface area contributed by atoms with Gasteiger partial charge in [-0.15, -0.1) is 0 Å². The molecule has 6 rings (SSSR count). The van der Waals surface area contributed by atoms with Crippen LogP contribution in [0.2, 0.25) is 5.02 Å². The number of aromatic amines is 1. The minimum absolute atomic E-state index is 0.154. The summed E-state index contributed by atoms with van der Waals surface area (Å²) in [5, 5.41) is 4.63. The van der Waals surface area contributed by atoms with E-state index < -0.39 is 6.04 Å². The number of fused-ring (bicyclic) bond motifs is 2. The Labute approximate surface area is 285 Å². The van der Waals surface area contributed by atoms with Crippen molar-refractivity contribution in [2.75, 3.05) is 51.8 Å². The van der Waals surface area contributed by atoms with E-state index in [-0.39, 0.29) is 42.2 Å². The number of benzene rings is 3. The normalized spacial score (nSPS) is 17.4. The monoisotopic (exact) mass is 673 g/mol. The third-order valence-corrected chi connectivity index (χ3v) is 9.41. The number of hydrogen-bond acceptors (Lipinski definition) is 5. The minimum atomic E-state index is -0.836. The molecule has 1 aromatic heterocycles. The van der Waals surface area contributed by atoms with Crippen molar-refractivity contribution in [3.8, 4) is 0 Å². The van der Waals surface area contributed by atoms with E-state index in [1.165, 1.54) is 24.3 Å². The highest BCUT2D eigenvalue weighted by molar-refractivity contribution is 6.30. The predicted octanol–water partition coefficient (Wildman–Crippen LogP) is 5.08. The van der Waals surface area contributed by atoms with Crippen LogP contribution >= 0.6 is 11.6 Å². The summed E-state index contributed by atoms with van der Waals surface area (Å²) in [6, 6.07) is 18.2. The molecule has 3 amide bonds. The highest BCUT2D eigenvalue weighted by Gasteiger charge is 2.34. The van der Waals surface area contributed by atoms with Crippen LogP contribution in [0.15, 0.2) is 72.9 Å². The molecule has 2 N–H and O–H groups in total. The summed E-state index contributed by atoms with van der Waals surface area (Å²) in [6.07, 6.45) is 3.93. The Morgan fingerprint density at radius 2 is 1.81 bits per heavy atom. The Kier molecular flexibility index (Phi) is 10.4. The Bertz CT molecular complexity index is 1770.